The predicted octanol–water partition coefficient (Wildman–Crippen LogP) is 6.24. The Morgan fingerprint density at radius 3 is 2.85 bits per heavy atom. The quantitative estimate of drug-likeness (QED) is 0.422. The van der Waals surface area contributed by atoms with Gasteiger partial charge in [0.15, 0.2) is 5.69 Å². The number of benzene rings is 2. The van der Waals surface area contributed by atoms with Crippen molar-refractivity contribution in [2.45, 2.75) is 13.5 Å². The number of aromatic amines is 1. The van der Waals surface area contributed by atoms with Gasteiger partial charge < -0.3 is 9.72 Å². The summed E-state index contributed by atoms with van der Waals surface area (Å²) in [6, 6.07) is 15.7. The minimum absolute atomic E-state index is 0.440. The Morgan fingerprint density at radius 2 is 2.07 bits per heavy atom. The number of rotatable bonds is 5. The third-order valence-corrected chi connectivity index (χ3v) is 4.97. The minimum Gasteiger partial charge on any atom is -0.489 e. The van der Waals surface area contributed by atoms with Gasteiger partial charge in [0.2, 0.25) is 0 Å². The van der Waals surface area contributed by atoms with Crippen molar-refractivity contribution < 1.29 is 4.74 Å². The van der Waals surface area contributed by atoms with Gasteiger partial charge in [-0.25, -0.2) is 9.83 Å². The number of aryl methyl sites for hydroxylation is 1. The van der Waals surface area contributed by atoms with Crippen LogP contribution in [-0.4, -0.2) is 9.97 Å². The lowest BCUT2D eigenvalue weighted by Crippen LogP contribution is -1.97. The second kappa shape index (κ2) is 7.48. The summed E-state index contributed by atoms with van der Waals surface area (Å²) in [5.41, 5.74) is 5.83. The van der Waals surface area contributed by atoms with Gasteiger partial charge in [-0.3, -0.25) is 0 Å². The van der Waals surface area contributed by atoms with Gasteiger partial charge >= 0.3 is 0 Å². The van der Waals surface area contributed by atoms with Crippen LogP contribution < -0.4 is 4.74 Å². The summed E-state index contributed by atoms with van der Waals surface area (Å²) >= 11 is 1.66. The summed E-state index contributed by atoms with van der Waals surface area (Å²) in [5, 5.41) is 4.12. The van der Waals surface area contributed by atoms with Crippen molar-refractivity contribution in [1.82, 2.24) is 9.97 Å². The highest BCUT2D eigenvalue weighted by molar-refractivity contribution is 7.08. The summed E-state index contributed by atoms with van der Waals surface area (Å²) < 4.78 is 5.95. The van der Waals surface area contributed by atoms with Crippen LogP contribution in [0.25, 0.3) is 27.5 Å². The van der Waals surface area contributed by atoms with Gasteiger partial charge in [-0.1, -0.05) is 18.2 Å². The topological polar surface area (TPSA) is 42.3 Å². The standard InChI is InChI=1S/C22H17N3OS/c1-15-10-17(20-12-24-22(25-20)18-8-9-27-14-18)6-7-21(15)26-13-16-4-3-5-19(11-16)23-2/h3-12,14H,13H2,1H3,(H,24,25). The van der Waals surface area contributed by atoms with Crippen molar-refractivity contribution in [3.63, 3.8) is 0 Å². The predicted molar refractivity (Wildman–Crippen MR) is 109 cm³/mol. The number of hydrogen-bond donors (Lipinski definition) is 1. The number of hydrogen-bond acceptors (Lipinski definition) is 3. The van der Waals surface area contributed by atoms with Gasteiger partial charge in [0.25, 0.3) is 0 Å². The van der Waals surface area contributed by atoms with Gasteiger partial charge in [-0.15, -0.1) is 0 Å². The number of nitrogens with zero attached hydrogens (tertiary/aromatic N) is 2. The van der Waals surface area contributed by atoms with Crippen LogP contribution in [-0.2, 0) is 6.61 Å². The molecule has 2 aromatic carbocycles. The average Bonchev–Trinajstić information content (AvgIpc) is 3.38. The highest BCUT2D eigenvalue weighted by Gasteiger charge is 2.08. The summed E-state index contributed by atoms with van der Waals surface area (Å²) in [6.07, 6.45) is 1.86. The van der Waals surface area contributed by atoms with Crippen molar-refractivity contribution >= 4 is 17.0 Å². The molecule has 1 N–H and O–H groups in total. The molecule has 132 valence electrons. The normalized spacial score (nSPS) is 10.5. The molecule has 5 heteroatoms. The molecule has 2 heterocycles. The van der Waals surface area contributed by atoms with Crippen LogP contribution in [0.4, 0.5) is 5.69 Å². The van der Waals surface area contributed by atoms with E-state index in [-0.39, 0.29) is 0 Å². The van der Waals surface area contributed by atoms with Crippen molar-refractivity contribution in [3.8, 4) is 28.4 Å². The van der Waals surface area contributed by atoms with E-state index >= 15 is 0 Å². The Labute approximate surface area is 161 Å². The average molecular weight is 371 g/mol. The third kappa shape index (κ3) is 3.76. The number of imidazole rings is 1. The Balaban J connectivity index is 1.50. The van der Waals surface area contributed by atoms with E-state index in [1.54, 1.807) is 17.4 Å². The van der Waals surface area contributed by atoms with Crippen LogP contribution in [0.5, 0.6) is 5.75 Å². The van der Waals surface area contributed by atoms with Crippen LogP contribution in [0.3, 0.4) is 0 Å². The minimum atomic E-state index is 0.440. The zero-order valence-corrected chi connectivity index (χ0v) is 15.6. The molecule has 0 bridgehead atoms. The SMILES string of the molecule is [C-]#[N+]c1cccc(COc2ccc(-c3cnc(-c4ccsc4)[nH]3)cc2C)c1. The molecule has 0 fully saturated rings. The number of thiophene rings is 1. The number of aromatic nitrogens is 2. The largest absolute Gasteiger partial charge is 0.489 e. The van der Waals surface area contributed by atoms with Gasteiger partial charge in [0.05, 0.1) is 18.5 Å². The molecule has 2 aromatic heterocycles. The van der Waals surface area contributed by atoms with E-state index in [0.29, 0.717) is 12.3 Å². The van der Waals surface area contributed by atoms with Crippen LogP contribution >= 0.6 is 11.3 Å². The molecule has 4 nitrogen and oxygen atoms in total. The molecule has 0 aliphatic heterocycles. The molecule has 27 heavy (non-hydrogen) atoms. The Bertz CT molecular complexity index is 1110. The molecule has 0 saturated carbocycles. The molecule has 0 saturated heterocycles. The summed E-state index contributed by atoms with van der Waals surface area (Å²) in [6.45, 7) is 9.57. The Kier molecular flexibility index (Phi) is 4.73. The van der Waals surface area contributed by atoms with Crippen molar-refractivity contribution in [2.24, 2.45) is 0 Å². The lowest BCUT2D eigenvalue weighted by atomic mass is 10.1. The summed E-state index contributed by atoms with van der Waals surface area (Å²) in [4.78, 5) is 11.3. The molecule has 0 aliphatic rings. The van der Waals surface area contributed by atoms with E-state index < -0.39 is 0 Å². The molecule has 0 unspecified atom stereocenters. The second-order valence-corrected chi connectivity index (χ2v) is 6.99. The monoisotopic (exact) mass is 371 g/mol. The molecule has 0 aliphatic carbocycles. The maximum absolute atomic E-state index is 7.10. The number of nitrogens with one attached hydrogen (secondary N) is 1. The lowest BCUT2D eigenvalue weighted by Gasteiger charge is -2.11. The van der Waals surface area contributed by atoms with E-state index in [4.69, 9.17) is 11.3 Å². The van der Waals surface area contributed by atoms with Gasteiger partial charge in [0, 0.05) is 16.5 Å². The van der Waals surface area contributed by atoms with Crippen LogP contribution in [0.2, 0.25) is 0 Å². The maximum Gasteiger partial charge on any atom is 0.187 e. The van der Waals surface area contributed by atoms with E-state index in [1.807, 2.05) is 48.8 Å². The lowest BCUT2D eigenvalue weighted by molar-refractivity contribution is 0.304. The van der Waals surface area contributed by atoms with Crippen molar-refractivity contribution in [2.75, 3.05) is 0 Å². The fourth-order valence-electron chi connectivity index (χ4n) is 2.87. The van der Waals surface area contributed by atoms with Gasteiger partial charge in [0.1, 0.15) is 18.2 Å². The first-order valence-corrected chi connectivity index (χ1v) is 9.45. The van der Waals surface area contributed by atoms with Crippen molar-refractivity contribution in [3.05, 3.63) is 88.0 Å². The van der Waals surface area contributed by atoms with Crippen LogP contribution in [0.15, 0.2) is 65.5 Å². The first-order chi connectivity index (χ1) is 13.2. The molecule has 0 atom stereocenters. The molecule has 4 rings (SSSR count). The fraction of sp³-hybridized carbons (Fsp3) is 0.0909. The van der Waals surface area contributed by atoms with Crippen LogP contribution in [0, 0.1) is 13.5 Å². The highest BCUT2D eigenvalue weighted by Crippen LogP contribution is 2.28. The smallest absolute Gasteiger partial charge is 0.187 e. The number of H-pyrrole nitrogens is 1. The molecular formula is C22H17N3OS. The fourth-order valence-corrected chi connectivity index (χ4v) is 3.51. The van der Waals surface area contributed by atoms with E-state index in [9.17, 15) is 0 Å². The van der Waals surface area contributed by atoms with E-state index in [0.717, 1.165) is 39.5 Å². The molecule has 0 spiro atoms. The molecular weight excluding hydrogens is 354 g/mol. The van der Waals surface area contributed by atoms with Crippen LogP contribution in [0.1, 0.15) is 11.1 Å². The second-order valence-electron chi connectivity index (χ2n) is 6.21. The van der Waals surface area contributed by atoms with E-state index in [1.165, 1.54) is 0 Å². The first-order valence-electron chi connectivity index (χ1n) is 8.51. The van der Waals surface area contributed by atoms with E-state index in [2.05, 4.69) is 32.3 Å². The highest BCUT2D eigenvalue weighted by atomic mass is 32.1. The zero-order chi connectivity index (χ0) is 18.6. The molecule has 0 radical (unpaired) electrons. The summed E-state index contributed by atoms with van der Waals surface area (Å²) in [7, 11) is 0. The first kappa shape index (κ1) is 17.1. The van der Waals surface area contributed by atoms with Crippen molar-refractivity contribution in [1.29, 1.82) is 0 Å². The maximum atomic E-state index is 7.10. The zero-order valence-electron chi connectivity index (χ0n) is 14.8. The van der Waals surface area contributed by atoms with Gasteiger partial charge in [-0.05, 0) is 53.8 Å². The third-order valence-electron chi connectivity index (χ3n) is 4.29. The summed E-state index contributed by atoms with van der Waals surface area (Å²) in [5.74, 6) is 1.72. The number of ether oxygens (including phenoxy) is 1. The Hall–Kier alpha value is -3.36. The van der Waals surface area contributed by atoms with Gasteiger partial charge in [-0.2, -0.15) is 11.3 Å². The molecule has 0 amide bonds. The molecule has 4 aromatic rings. The Morgan fingerprint density at radius 1 is 1.15 bits per heavy atom.